The SMILES string of the molecule is [NH-]C[C@@H](C(=O)Nc1ccc(N2CCOCC2=O)cc1F)N(CC1CCC1)CC(F)(F)F. The standard InChI is InChI=1S/C20H25F4N4O3/c21-15-8-14(28-6-7-31-11-18(28)29)4-5-16(15)26-19(30)17(9-25)27(12-20(22,23)24)10-13-2-1-3-13/h4-5,8,13,17,25H,1-3,6-7,9-12H2,(H,26,30)/q-1/t17-/m0/s1. The van der Waals surface area contributed by atoms with Crippen LogP contribution in [0.25, 0.3) is 5.73 Å². The highest BCUT2D eigenvalue weighted by Crippen LogP contribution is 2.30. The Bertz CT molecular complexity index is 801. The summed E-state index contributed by atoms with van der Waals surface area (Å²) < 4.78 is 58.8. The number of alkyl halides is 3. The van der Waals surface area contributed by atoms with Gasteiger partial charge in [-0.15, -0.1) is 6.54 Å². The molecule has 1 heterocycles. The van der Waals surface area contributed by atoms with Gasteiger partial charge in [-0.1, -0.05) is 6.42 Å². The molecular weight excluding hydrogens is 420 g/mol. The van der Waals surface area contributed by atoms with Gasteiger partial charge in [0, 0.05) is 18.8 Å². The van der Waals surface area contributed by atoms with Crippen LogP contribution in [0.3, 0.4) is 0 Å². The molecule has 0 spiro atoms. The molecule has 1 aliphatic carbocycles. The zero-order chi connectivity index (χ0) is 22.6. The Morgan fingerprint density at radius 3 is 2.65 bits per heavy atom. The van der Waals surface area contributed by atoms with Gasteiger partial charge in [0.15, 0.2) is 0 Å². The first kappa shape index (κ1) is 23.4. The molecule has 2 aliphatic rings. The van der Waals surface area contributed by atoms with Crippen LogP contribution in [-0.4, -0.2) is 68.3 Å². The summed E-state index contributed by atoms with van der Waals surface area (Å²) in [6.07, 6.45) is -2.01. The smallest absolute Gasteiger partial charge is 0.401 e. The molecule has 2 fully saturated rings. The minimum absolute atomic E-state index is 0.0614. The van der Waals surface area contributed by atoms with E-state index in [1.807, 2.05) is 0 Å². The van der Waals surface area contributed by atoms with Crippen LogP contribution in [0.4, 0.5) is 28.9 Å². The first-order chi connectivity index (χ1) is 14.7. The Hall–Kier alpha value is -2.24. The van der Waals surface area contributed by atoms with Gasteiger partial charge in [-0.05, 0) is 37.0 Å². The number of carbonyl (C=O) groups is 2. The second kappa shape index (κ2) is 9.92. The molecule has 11 heteroatoms. The summed E-state index contributed by atoms with van der Waals surface area (Å²) >= 11 is 0. The molecule has 3 rings (SSSR count). The summed E-state index contributed by atoms with van der Waals surface area (Å²) in [5.41, 5.74) is 7.71. The van der Waals surface area contributed by atoms with Crippen molar-refractivity contribution in [3.05, 3.63) is 29.7 Å². The number of anilines is 2. The monoisotopic (exact) mass is 445 g/mol. The number of ether oxygens (including phenoxy) is 1. The van der Waals surface area contributed by atoms with E-state index in [0.717, 1.165) is 30.2 Å². The fraction of sp³-hybridized carbons (Fsp3) is 0.600. The molecule has 1 aliphatic heterocycles. The van der Waals surface area contributed by atoms with Gasteiger partial charge < -0.3 is 20.7 Å². The average molecular weight is 445 g/mol. The lowest BCUT2D eigenvalue weighted by molar-refractivity contribution is -0.155. The third-order valence-electron chi connectivity index (χ3n) is 5.54. The largest absolute Gasteiger partial charge is 0.676 e. The molecule has 172 valence electrons. The summed E-state index contributed by atoms with van der Waals surface area (Å²) in [4.78, 5) is 26.9. The Balaban J connectivity index is 1.71. The normalized spacial score (nSPS) is 18.8. The van der Waals surface area contributed by atoms with Gasteiger partial charge in [0.1, 0.15) is 12.4 Å². The summed E-state index contributed by atoms with van der Waals surface area (Å²) in [6.45, 7) is -1.36. The van der Waals surface area contributed by atoms with Crippen molar-refractivity contribution >= 4 is 23.2 Å². The molecule has 0 unspecified atom stereocenters. The van der Waals surface area contributed by atoms with Gasteiger partial charge in [0.05, 0.1) is 24.9 Å². The highest BCUT2D eigenvalue weighted by atomic mass is 19.4. The summed E-state index contributed by atoms with van der Waals surface area (Å²) in [6, 6.07) is 2.42. The molecule has 1 aromatic carbocycles. The van der Waals surface area contributed by atoms with Crippen molar-refractivity contribution in [3.8, 4) is 0 Å². The molecule has 1 aromatic rings. The summed E-state index contributed by atoms with van der Waals surface area (Å²) in [5, 5.41) is 2.31. The molecule has 0 aromatic heterocycles. The van der Waals surface area contributed by atoms with E-state index in [1.165, 1.54) is 17.0 Å². The van der Waals surface area contributed by atoms with Crippen LogP contribution < -0.4 is 10.2 Å². The highest BCUT2D eigenvalue weighted by Gasteiger charge is 2.37. The van der Waals surface area contributed by atoms with Crippen LogP contribution in [0.5, 0.6) is 0 Å². The molecule has 1 saturated carbocycles. The number of amides is 2. The molecule has 0 radical (unpaired) electrons. The number of nitrogens with one attached hydrogen (secondary N) is 2. The molecule has 7 nitrogen and oxygen atoms in total. The third kappa shape index (κ3) is 6.14. The fourth-order valence-electron chi connectivity index (χ4n) is 3.71. The average Bonchev–Trinajstić information content (AvgIpc) is 2.66. The van der Waals surface area contributed by atoms with E-state index < -0.39 is 37.0 Å². The van der Waals surface area contributed by atoms with Crippen LogP contribution in [0, 0.1) is 11.7 Å². The van der Waals surface area contributed by atoms with E-state index in [0.29, 0.717) is 12.3 Å². The van der Waals surface area contributed by atoms with Gasteiger partial charge in [-0.25, -0.2) is 4.39 Å². The number of hydrogen-bond acceptors (Lipinski definition) is 4. The summed E-state index contributed by atoms with van der Waals surface area (Å²) in [7, 11) is 0. The Kier molecular flexibility index (Phi) is 7.50. The van der Waals surface area contributed by atoms with E-state index in [-0.39, 0.29) is 37.2 Å². The maximum Gasteiger partial charge on any atom is 0.401 e. The predicted molar refractivity (Wildman–Crippen MR) is 106 cm³/mol. The zero-order valence-corrected chi connectivity index (χ0v) is 16.9. The quantitative estimate of drug-likeness (QED) is 0.623. The lowest BCUT2D eigenvalue weighted by Crippen LogP contribution is -2.51. The number of morpholine rings is 1. The molecular formula is C20H25F4N4O3-. The van der Waals surface area contributed by atoms with E-state index in [2.05, 4.69) is 5.32 Å². The molecule has 1 saturated heterocycles. The topological polar surface area (TPSA) is 85.7 Å². The molecule has 2 N–H and O–H groups in total. The lowest BCUT2D eigenvalue weighted by Gasteiger charge is -2.38. The van der Waals surface area contributed by atoms with Crippen LogP contribution in [0.1, 0.15) is 19.3 Å². The van der Waals surface area contributed by atoms with Crippen LogP contribution >= 0.6 is 0 Å². The number of hydrogen-bond donors (Lipinski definition) is 1. The predicted octanol–water partition coefficient (Wildman–Crippen LogP) is 3.21. The van der Waals surface area contributed by atoms with Gasteiger partial charge in [-0.2, -0.15) is 13.2 Å². The van der Waals surface area contributed by atoms with Crippen molar-refractivity contribution < 1.29 is 31.9 Å². The minimum atomic E-state index is -4.52. The van der Waals surface area contributed by atoms with Crippen molar-refractivity contribution in [3.63, 3.8) is 0 Å². The number of nitrogens with zero attached hydrogens (tertiary/aromatic N) is 2. The summed E-state index contributed by atoms with van der Waals surface area (Å²) in [5.74, 6) is -1.95. The number of benzene rings is 1. The second-order valence-corrected chi connectivity index (χ2v) is 7.81. The van der Waals surface area contributed by atoms with Gasteiger partial charge in [0.2, 0.25) is 5.91 Å². The number of rotatable bonds is 8. The van der Waals surface area contributed by atoms with Crippen LogP contribution in [-0.2, 0) is 14.3 Å². The Morgan fingerprint density at radius 1 is 1.35 bits per heavy atom. The molecule has 0 bridgehead atoms. The Labute approximate surface area is 177 Å². The molecule has 31 heavy (non-hydrogen) atoms. The van der Waals surface area contributed by atoms with Crippen molar-refractivity contribution in [2.45, 2.75) is 31.5 Å². The first-order valence-corrected chi connectivity index (χ1v) is 10.1. The highest BCUT2D eigenvalue weighted by molar-refractivity contribution is 5.97. The van der Waals surface area contributed by atoms with Gasteiger partial charge >= 0.3 is 6.18 Å². The number of carbonyl (C=O) groups excluding carboxylic acids is 2. The molecule has 1 atom stereocenters. The van der Waals surface area contributed by atoms with Crippen LogP contribution in [0.2, 0.25) is 0 Å². The van der Waals surface area contributed by atoms with E-state index in [9.17, 15) is 27.2 Å². The maximum absolute atomic E-state index is 14.6. The van der Waals surface area contributed by atoms with E-state index in [1.54, 1.807) is 0 Å². The maximum atomic E-state index is 14.6. The number of halogens is 4. The van der Waals surface area contributed by atoms with Crippen molar-refractivity contribution in [2.24, 2.45) is 5.92 Å². The molecule has 2 amide bonds. The fourth-order valence-corrected chi connectivity index (χ4v) is 3.71. The van der Waals surface area contributed by atoms with Crippen molar-refractivity contribution in [1.29, 1.82) is 0 Å². The Morgan fingerprint density at radius 2 is 2.10 bits per heavy atom. The van der Waals surface area contributed by atoms with Crippen LogP contribution in [0.15, 0.2) is 18.2 Å². The van der Waals surface area contributed by atoms with E-state index >= 15 is 0 Å². The second-order valence-electron chi connectivity index (χ2n) is 7.81. The van der Waals surface area contributed by atoms with Gasteiger partial charge in [0.25, 0.3) is 5.91 Å². The lowest BCUT2D eigenvalue weighted by atomic mass is 9.85. The van der Waals surface area contributed by atoms with Crippen molar-refractivity contribution in [1.82, 2.24) is 4.90 Å². The minimum Gasteiger partial charge on any atom is -0.676 e. The third-order valence-corrected chi connectivity index (χ3v) is 5.54. The van der Waals surface area contributed by atoms with Crippen molar-refractivity contribution in [2.75, 3.05) is 49.6 Å². The van der Waals surface area contributed by atoms with Gasteiger partial charge in [-0.3, -0.25) is 14.5 Å². The van der Waals surface area contributed by atoms with E-state index in [4.69, 9.17) is 10.5 Å². The zero-order valence-electron chi connectivity index (χ0n) is 16.9. The first-order valence-electron chi connectivity index (χ1n) is 10.1.